The minimum atomic E-state index is -0.420. The van der Waals surface area contributed by atoms with Crippen LogP contribution in [0, 0.1) is 10.1 Å². The van der Waals surface area contributed by atoms with Crippen LogP contribution in [0.25, 0.3) is 0 Å². The van der Waals surface area contributed by atoms with Gasteiger partial charge in [0.1, 0.15) is 0 Å². The maximum Gasteiger partial charge on any atom is 0.273 e. The molecule has 3 N–H and O–H groups in total. The highest BCUT2D eigenvalue weighted by atomic mass is 16.6. The van der Waals surface area contributed by atoms with E-state index in [1.807, 2.05) is 11.9 Å². The van der Waals surface area contributed by atoms with Crippen molar-refractivity contribution < 1.29 is 4.92 Å². The largest absolute Gasteiger partial charge is 0.369 e. The lowest BCUT2D eigenvalue weighted by Gasteiger charge is -2.36. The van der Waals surface area contributed by atoms with Crippen molar-refractivity contribution in [2.24, 2.45) is 5.84 Å². The number of nitrogens with zero attached hydrogens (tertiary/aromatic N) is 2. The van der Waals surface area contributed by atoms with Crippen LogP contribution in [-0.4, -0.2) is 17.5 Å². The number of nitrogens with one attached hydrogen (secondary N) is 1. The third-order valence-electron chi connectivity index (χ3n) is 3.44. The Morgan fingerprint density at radius 3 is 2.50 bits per heavy atom. The smallest absolute Gasteiger partial charge is 0.273 e. The molecule has 0 aliphatic rings. The van der Waals surface area contributed by atoms with Gasteiger partial charge < -0.3 is 10.3 Å². The number of nitrogen functional groups attached to an aromatic ring is 1. The van der Waals surface area contributed by atoms with Gasteiger partial charge in [-0.05, 0) is 26.3 Å². The van der Waals surface area contributed by atoms with Crippen molar-refractivity contribution >= 4 is 17.1 Å². The molecule has 0 spiro atoms. The molecule has 1 aromatic carbocycles. The molecular formula is C12H20N4O2. The van der Waals surface area contributed by atoms with Crippen molar-refractivity contribution in [2.75, 3.05) is 17.4 Å². The first-order valence-corrected chi connectivity index (χ1v) is 5.81. The van der Waals surface area contributed by atoms with Crippen molar-refractivity contribution in [1.82, 2.24) is 0 Å². The lowest BCUT2D eigenvalue weighted by atomic mass is 9.99. The van der Waals surface area contributed by atoms with Crippen molar-refractivity contribution in [2.45, 2.75) is 32.7 Å². The van der Waals surface area contributed by atoms with Crippen molar-refractivity contribution in [3.8, 4) is 0 Å². The molecule has 100 valence electrons. The average Bonchev–Trinajstić information content (AvgIpc) is 2.36. The summed E-state index contributed by atoms with van der Waals surface area (Å²) in [5, 5.41) is 10.9. The number of non-ortho nitro benzene ring substituents is 1. The maximum atomic E-state index is 10.9. The summed E-state index contributed by atoms with van der Waals surface area (Å²) in [6, 6.07) is 4.76. The van der Waals surface area contributed by atoms with Crippen LogP contribution in [0.4, 0.5) is 17.1 Å². The first kappa shape index (κ1) is 14.2. The number of nitro benzene ring substituents is 1. The van der Waals surface area contributed by atoms with E-state index in [-0.39, 0.29) is 11.2 Å². The highest BCUT2D eigenvalue weighted by Gasteiger charge is 2.23. The number of hydrogen-bond acceptors (Lipinski definition) is 5. The molecule has 0 aliphatic heterocycles. The number of anilines is 2. The van der Waals surface area contributed by atoms with E-state index in [1.165, 1.54) is 6.07 Å². The molecule has 0 radical (unpaired) electrons. The fourth-order valence-corrected chi connectivity index (χ4v) is 1.56. The Labute approximate surface area is 107 Å². The molecule has 0 atom stereocenters. The van der Waals surface area contributed by atoms with Crippen LogP contribution in [0.5, 0.6) is 0 Å². The third kappa shape index (κ3) is 2.89. The summed E-state index contributed by atoms with van der Waals surface area (Å²) in [6.07, 6.45) is 0.928. The lowest BCUT2D eigenvalue weighted by Crippen LogP contribution is -2.40. The summed E-state index contributed by atoms with van der Waals surface area (Å²) in [7, 11) is 1.92. The molecule has 6 nitrogen and oxygen atoms in total. The number of nitro groups is 1. The lowest BCUT2D eigenvalue weighted by molar-refractivity contribution is -0.384. The second-order valence-corrected chi connectivity index (χ2v) is 4.86. The second-order valence-electron chi connectivity index (χ2n) is 4.86. The molecule has 0 saturated carbocycles. The van der Waals surface area contributed by atoms with Crippen LogP contribution < -0.4 is 16.2 Å². The summed E-state index contributed by atoms with van der Waals surface area (Å²) in [5.41, 5.74) is 3.69. The molecule has 18 heavy (non-hydrogen) atoms. The van der Waals surface area contributed by atoms with Gasteiger partial charge in [0.25, 0.3) is 5.69 Å². The molecule has 0 aliphatic carbocycles. The van der Waals surface area contributed by atoms with Crippen LogP contribution >= 0.6 is 0 Å². The Kier molecular flexibility index (Phi) is 4.13. The number of rotatable bonds is 5. The van der Waals surface area contributed by atoms with Gasteiger partial charge in [0.05, 0.1) is 10.6 Å². The summed E-state index contributed by atoms with van der Waals surface area (Å²) in [4.78, 5) is 12.5. The standard InChI is InChI=1S/C12H20N4O2/c1-5-12(2,3)15(4)10-6-9(14-13)7-11(8-10)16(17)18/h6-8,14H,5,13H2,1-4H3. The van der Waals surface area contributed by atoms with E-state index < -0.39 is 4.92 Å². The van der Waals surface area contributed by atoms with Gasteiger partial charge >= 0.3 is 0 Å². The molecular weight excluding hydrogens is 232 g/mol. The number of nitrogens with two attached hydrogens (primary N) is 1. The Hall–Kier alpha value is -1.82. The van der Waals surface area contributed by atoms with Gasteiger partial charge in [-0.3, -0.25) is 16.0 Å². The minimum absolute atomic E-state index is 0.0270. The molecule has 6 heteroatoms. The quantitative estimate of drug-likeness (QED) is 0.478. The Morgan fingerprint density at radius 1 is 1.44 bits per heavy atom. The highest BCUT2D eigenvalue weighted by molar-refractivity contribution is 5.64. The summed E-state index contributed by atoms with van der Waals surface area (Å²) in [6.45, 7) is 6.25. The Morgan fingerprint density at radius 2 is 2.06 bits per heavy atom. The zero-order chi connectivity index (χ0) is 13.9. The van der Waals surface area contributed by atoms with Crippen LogP contribution in [0.15, 0.2) is 18.2 Å². The van der Waals surface area contributed by atoms with Gasteiger partial charge in [-0.25, -0.2) is 0 Å². The van der Waals surface area contributed by atoms with E-state index in [1.54, 1.807) is 12.1 Å². The van der Waals surface area contributed by atoms with Gasteiger partial charge in [-0.1, -0.05) is 6.92 Å². The summed E-state index contributed by atoms with van der Waals surface area (Å²) in [5.74, 6) is 5.34. The molecule has 0 amide bonds. The van der Waals surface area contributed by atoms with E-state index in [9.17, 15) is 10.1 Å². The number of hydrogen-bond donors (Lipinski definition) is 2. The van der Waals surface area contributed by atoms with Gasteiger partial charge in [0.15, 0.2) is 0 Å². The second kappa shape index (κ2) is 5.22. The maximum absolute atomic E-state index is 10.9. The molecule has 0 aromatic heterocycles. The van der Waals surface area contributed by atoms with Gasteiger partial charge in [-0.2, -0.15) is 0 Å². The van der Waals surface area contributed by atoms with Crippen LogP contribution in [-0.2, 0) is 0 Å². The zero-order valence-corrected chi connectivity index (χ0v) is 11.2. The molecule has 0 heterocycles. The van der Waals surface area contributed by atoms with Crippen molar-refractivity contribution in [3.63, 3.8) is 0 Å². The SMILES string of the molecule is CCC(C)(C)N(C)c1cc(NN)cc([N+](=O)[O-])c1. The minimum Gasteiger partial charge on any atom is -0.369 e. The molecule has 1 aromatic rings. The van der Waals surface area contributed by atoms with Gasteiger partial charge in [0.2, 0.25) is 0 Å². The topological polar surface area (TPSA) is 84.4 Å². The van der Waals surface area contributed by atoms with E-state index in [2.05, 4.69) is 26.2 Å². The molecule has 0 bridgehead atoms. The first-order valence-electron chi connectivity index (χ1n) is 5.81. The van der Waals surface area contributed by atoms with E-state index in [0.29, 0.717) is 5.69 Å². The highest BCUT2D eigenvalue weighted by Crippen LogP contribution is 2.30. The van der Waals surface area contributed by atoms with Crippen molar-refractivity contribution in [1.29, 1.82) is 0 Å². The van der Waals surface area contributed by atoms with Crippen LogP contribution in [0.3, 0.4) is 0 Å². The Balaban J connectivity index is 3.23. The predicted octanol–water partition coefficient (Wildman–Crippen LogP) is 2.51. The van der Waals surface area contributed by atoms with Crippen LogP contribution in [0.2, 0.25) is 0 Å². The van der Waals surface area contributed by atoms with E-state index >= 15 is 0 Å². The summed E-state index contributed by atoms with van der Waals surface area (Å²) >= 11 is 0. The zero-order valence-electron chi connectivity index (χ0n) is 11.2. The molecule has 1 rings (SSSR count). The number of hydrazine groups is 1. The fraction of sp³-hybridized carbons (Fsp3) is 0.500. The predicted molar refractivity (Wildman–Crippen MR) is 73.7 cm³/mol. The third-order valence-corrected chi connectivity index (χ3v) is 3.44. The first-order chi connectivity index (χ1) is 8.31. The fourth-order valence-electron chi connectivity index (χ4n) is 1.56. The summed E-state index contributed by atoms with van der Waals surface area (Å²) < 4.78 is 0. The van der Waals surface area contributed by atoms with Crippen molar-refractivity contribution in [3.05, 3.63) is 28.3 Å². The van der Waals surface area contributed by atoms with E-state index in [0.717, 1.165) is 12.1 Å². The van der Waals surface area contributed by atoms with Crippen LogP contribution in [0.1, 0.15) is 27.2 Å². The number of benzene rings is 1. The average molecular weight is 252 g/mol. The Bertz CT molecular complexity index is 446. The van der Waals surface area contributed by atoms with Gasteiger partial charge in [-0.15, -0.1) is 0 Å². The van der Waals surface area contributed by atoms with E-state index in [4.69, 9.17) is 5.84 Å². The van der Waals surface area contributed by atoms with Gasteiger partial charge in [0, 0.05) is 30.4 Å². The molecule has 0 fully saturated rings. The monoisotopic (exact) mass is 252 g/mol. The molecule has 0 saturated heterocycles. The normalized spacial score (nSPS) is 11.2. The molecule has 0 unspecified atom stereocenters.